The van der Waals surface area contributed by atoms with Gasteiger partial charge < -0.3 is 15.0 Å². The fraction of sp³-hybridized carbons (Fsp3) is 0.227. The van der Waals surface area contributed by atoms with E-state index in [0.29, 0.717) is 13.0 Å². The van der Waals surface area contributed by atoms with E-state index < -0.39 is 0 Å². The standard InChI is InChI=1S/C22H22N2O2/c25-22-6-3-14-24(22)20-10-8-19(9-11-20)23-13-15-26-21-12-7-17-4-1-2-5-18(17)16-21/h1-2,4-5,7-12,16,23H,3,6,13-15H2. The number of ether oxygens (including phenoxy) is 1. The molecule has 0 aromatic heterocycles. The van der Waals surface area contributed by atoms with Crippen LogP contribution in [0.5, 0.6) is 5.75 Å². The fourth-order valence-electron chi connectivity index (χ4n) is 3.30. The summed E-state index contributed by atoms with van der Waals surface area (Å²) in [6.45, 7) is 2.13. The Morgan fingerprint density at radius 2 is 1.77 bits per heavy atom. The number of benzene rings is 3. The van der Waals surface area contributed by atoms with Gasteiger partial charge in [0.25, 0.3) is 0 Å². The van der Waals surface area contributed by atoms with Crippen molar-refractivity contribution in [3.05, 3.63) is 66.7 Å². The first-order valence-electron chi connectivity index (χ1n) is 9.05. The molecule has 1 amide bonds. The fourth-order valence-corrected chi connectivity index (χ4v) is 3.30. The SMILES string of the molecule is O=C1CCCN1c1ccc(NCCOc2ccc3ccccc3c2)cc1. The number of hydrogen-bond acceptors (Lipinski definition) is 3. The third-order valence-electron chi connectivity index (χ3n) is 4.67. The van der Waals surface area contributed by atoms with Crippen molar-refractivity contribution in [2.75, 3.05) is 29.9 Å². The van der Waals surface area contributed by atoms with Crippen molar-refractivity contribution in [2.24, 2.45) is 0 Å². The van der Waals surface area contributed by atoms with Crippen molar-refractivity contribution < 1.29 is 9.53 Å². The highest BCUT2D eigenvalue weighted by Gasteiger charge is 2.21. The molecular formula is C22H22N2O2. The molecule has 3 aromatic carbocycles. The maximum atomic E-state index is 11.8. The van der Waals surface area contributed by atoms with E-state index in [2.05, 4.69) is 29.6 Å². The lowest BCUT2D eigenvalue weighted by Gasteiger charge is -2.16. The minimum absolute atomic E-state index is 0.217. The Bertz CT molecular complexity index is 905. The highest BCUT2D eigenvalue weighted by molar-refractivity contribution is 5.95. The van der Waals surface area contributed by atoms with Crippen molar-refractivity contribution in [2.45, 2.75) is 12.8 Å². The zero-order chi connectivity index (χ0) is 17.8. The number of carbonyl (C=O) groups excluding carboxylic acids is 1. The third kappa shape index (κ3) is 3.64. The minimum atomic E-state index is 0.217. The molecule has 132 valence electrons. The van der Waals surface area contributed by atoms with Gasteiger partial charge in [-0.25, -0.2) is 0 Å². The lowest BCUT2D eigenvalue weighted by Crippen LogP contribution is -2.23. The van der Waals surface area contributed by atoms with Gasteiger partial charge in [0, 0.05) is 30.9 Å². The number of nitrogens with one attached hydrogen (secondary N) is 1. The van der Waals surface area contributed by atoms with Crippen LogP contribution >= 0.6 is 0 Å². The Morgan fingerprint density at radius 3 is 2.54 bits per heavy atom. The normalized spacial score (nSPS) is 14.0. The number of hydrogen-bond donors (Lipinski definition) is 1. The van der Waals surface area contributed by atoms with E-state index in [1.54, 1.807) is 0 Å². The zero-order valence-corrected chi connectivity index (χ0v) is 14.7. The summed E-state index contributed by atoms with van der Waals surface area (Å²) in [5.74, 6) is 1.10. The topological polar surface area (TPSA) is 41.6 Å². The minimum Gasteiger partial charge on any atom is -0.492 e. The van der Waals surface area contributed by atoms with Crippen LogP contribution in [0.4, 0.5) is 11.4 Å². The molecule has 3 aromatic rings. The number of rotatable bonds is 6. The molecule has 4 nitrogen and oxygen atoms in total. The molecule has 0 spiro atoms. The maximum absolute atomic E-state index is 11.8. The molecule has 0 radical (unpaired) electrons. The zero-order valence-electron chi connectivity index (χ0n) is 14.7. The second kappa shape index (κ2) is 7.48. The summed E-state index contributed by atoms with van der Waals surface area (Å²) in [6.07, 6.45) is 1.61. The van der Waals surface area contributed by atoms with Gasteiger partial charge in [-0.15, -0.1) is 0 Å². The second-order valence-corrected chi connectivity index (χ2v) is 6.48. The van der Waals surface area contributed by atoms with Crippen molar-refractivity contribution in [3.8, 4) is 5.75 Å². The molecule has 26 heavy (non-hydrogen) atoms. The van der Waals surface area contributed by atoms with Crippen LogP contribution in [0, 0.1) is 0 Å². The number of carbonyl (C=O) groups is 1. The summed E-state index contributed by atoms with van der Waals surface area (Å²) in [5, 5.41) is 5.75. The van der Waals surface area contributed by atoms with E-state index in [1.165, 1.54) is 10.8 Å². The Kier molecular flexibility index (Phi) is 4.73. The quantitative estimate of drug-likeness (QED) is 0.670. The van der Waals surface area contributed by atoms with E-state index in [0.717, 1.165) is 36.6 Å². The molecule has 1 N–H and O–H groups in total. The van der Waals surface area contributed by atoms with Crippen LogP contribution in [0.15, 0.2) is 66.7 Å². The summed E-state index contributed by atoms with van der Waals surface area (Å²) in [6, 6.07) is 22.4. The average molecular weight is 346 g/mol. The molecule has 4 rings (SSSR count). The van der Waals surface area contributed by atoms with E-state index in [1.807, 2.05) is 47.4 Å². The predicted octanol–water partition coefficient (Wildman–Crippen LogP) is 4.46. The van der Waals surface area contributed by atoms with Gasteiger partial charge >= 0.3 is 0 Å². The van der Waals surface area contributed by atoms with Gasteiger partial charge in [-0.3, -0.25) is 4.79 Å². The van der Waals surface area contributed by atoms with E-state index in [4.69, 9.17) is 4.74 Å². The molecule has 0 saturated carbocycles. The molecule has 0 unspecified atom stereocenters. The van der Waals surface area contributed by atoms with Crippen LogP contribution in [0.25, 0.3) is 10.8 Å². The lowest BCUT2D eigenvalue weighted by atomic mass is 10.1. The molecule has 4 heteroatoms. The highest BCUT2D eigenvalue weighted by atomic mass is 16.5. The van der Waals surface area contributed by atoms with E-state index in [-0.39, 0.29) is 5.91 Å². The van der Waals surface area contributed by atoms with Gasteiger partial charge in [-0.2, -0.15) is 0 Å². The molecule has 1 fully saturated rings. The van der Waals surface area contributed by atoms with Gasteiger partial charge in [-0.1, -0.05) is 30.3 Å². The van der Waals surface area contributed by atoms with Crippen molar-refractivity contribution in [1.29, 1.82) is 0 Å². The van der Waals surface area contributed by atoms with Crippen LogP contribution in [0.1, 0.15) is 12.8 Å². The van der Waals surface area contributed by atoms with Crippen LogP contribution < -0.4 is 15.0 Å². The van der Waals surface area contributed by atoms with Crippen molar-refractivity contribution >= 4 is 28.1 Å². The monoisotopic (exact) mass is 346 g/mol. The molecule has 1 aliphatic heterocycles. The third-order valence-corrected chi connectivity index (χ3v) is 4.67. The molecule has 0 aliphatic carbocycles. The van der Waals surface area contributed by atoms with Gasteiger partial charge in [-0.05, 0) is 53.6 Å². The van der Waals surface area contributed by atoms with Gasteiger partial charge in [0.1, 0.15) is 12.4 Å². The van der Waals surface area contributed by atoms with Gasteiger partial charge in [0.15, 0.2) is 0 Å². The van der Waals surface area contributed by atoms with Crippen molar-refractivity contribution in [1.82, 2.24) is 0 Å². The Hall–Kier alpha value is -3.01. The second-order valence-electron chi connectivity index (χ2n) is 6.48. The van der Waals surface area contributed by atoms with Crippen LogP contribution in [-0.2, 0) is 4.79 Å². The molecular weight excluding hydrogens is 324 g/mol. The Balaban J connectivity index is 1.28. The van der Waals surface area contributed by atoms with E-state index >= 15 is 0 Å². The van der Waals surface area contributed by atoms with Crippen LogP contribution in [0.3, 0.4) is 0 Å². The maximum Gasteiger partial charge on any atom is 0.227 e. The largest absolute Gasteiger partial charge is 0.492 e. The van der Waals surface area contributed by atoms with Gasteiger partial charge in [0.05, 0.1) is 0 Å². The van der Waals surface area contributed by atoms with E-state index in [9.17, 15) is 4.79 Å². The first kappa shape index (κ1) is 16.5. The van der Waals surface area contributed by atoms with Gasteiger partial charge in [0.2, 0.25) is 5.91 Å². The van der Waals surface area contributed by atoms with Crippen LogP contribution in [-0.4, -0.2) is 25.6 Å². The summed E-state index contributed by atoms with van der Waals surface area (Å²) >= 11 is 0. The number of anilines is 2. The number of nitrogens with zero attached hydrogens (tertiary/aromatic N) is 1. The summed E-state index contributed by atoms with van der Waals surface area (Å²) in [4.78, 5) is 13.6. The van der Waals surface area contributed by atoms with Crippen LogP contribution in [0.2, 0.25) is 0 Å². The summed E-state index contributed by atoms with van der Waals surface area (Å²) in [7, 11) is 0. The molecule has 0 atom stereocenters. The first-order valence-corrected chi connectivity index (χ1v) is 9.05. The smallest absolute Gasteiger partial charge is 0.227 e. The Labute approximate surface area is 153 Å². The number of fused-ring (bicyclic) bond motifs is 1. The predicted molar refractivity (Wildman–Crippen MR) is 106 cm³/mol. The Morgan fingerprint density at radius 1 is 0.962 bits per heavy atom. The molecule has 1 saturated heterocycles. The molecule has 0 bridgehead atoms. The molecule has 1 heterocycles. The number of amides is 1. The molecule has 1 aliphatic rings. The summed E-state index contributed by atoms with van der Waals surface area (Å²) < 4.78 is 5.84. The highest BCUT2D eigenvalue weighted by Crippen LogP contribution is 2.23. The lowest BCUT2D eigenvalue weighted by molar-refractivity contribution is -0.117. The summed E-state index contributed by atoms with van der Waals surface area (Å²) in [5.41, 5.74) is 2.01. The average Bonchev–Trinajstić information content (AvgIpc) is 3.11. The first-order chi connectivity index (χ1) is 12.8. The van der Waals surface area contributed by atoms with Crippen molar-refractivity contribution in [3.63, 3.8) is 0 Å².